The van der Waals surface area contributed by atoms with Crippen molar-refractivity contribution in [1.82, 2.24) is 0 Å². The van der Waals surface area contributed by atoms with Crippen LogP contribution in [0.2, 0.25) is 0 Å². The monoisotopic (exact) mass is 772 g/mol. The second kappa shape index (κ2) is 13.3. The molecule has 0 bridgehead atoms. The number of benzene rings is 9. The fourth-order valence-corrected chi connectivity index (χ4v) is 10.7. The molecule has 1 aromatic heterocycles. The Kier molecular flexibility index (Phi) is 7.62. The Bertz CT molecular complexity index is 3130. The maximum absolute atomic E-state index is 7.17. The molecular weight excluding hydrogens is 737 g/mol. The molecule has 2 heterocycles. The van der Waals surface area contributed by atoms with Crippen LogP contribution in [0.3, 0.4) is 0 Å². The number of hydrogen-bond acceptors (Lipinski definition) is 4. The molecule has 0 fully saturated rings. The lowest BCUT2D eigenvalue weighted by Gasteiger charge is -2.41. The predicted octanol–water partition coefficient (Wildman–Crippen LogP) is 15.5. The highest BCUT2D eigenvalue weighted by Crippen LogP contribution is 2.64. The molecule has 2 aliphatic rings. The number of para-hydroxylation sites is 5. The third-order valence-electron chi connectivity index (χ3n) is 12.1. The predicted molar refractivity (Wildman–Crippen MR) is 246 cm³/mol. The van der Waals surface area contributed by atoms with Gasteiger partial charge in [0.25, 0.3) is 0 Å². The second-order valence-corrected chi connectivity index (χ2v) is 16.3. The highest BCUT2D eigenvalue weighted by atomic mass is 32.1. The van der Waals surface area contributed by atoms with Crippen molar-refractivity contribution in [2.45, 2.75) is 5.41 Å². The molecule has 1 spiro atoms. The minimum absolute atomic E-state index is 0.553. The summed E-state index contributed by atoms with van der Waals surface area (Å²) in [6.07, 6.45) is 0. The number of thiophene rings is 1. The van der Waals surface area contributed by atoms with Crippen molar-refractivity contribution in [2.75, 3.05) is 9.80 Å². The molecule has 9 aromatic carbocycles. The van der Waals surface area contributed by atoms with Crippen LogP contribution in [0.4, 0.5) is 34.1 Å². The Morgan fingerprint density at radius 1 is 0.356 bits per heavy atom. The fraction of sp³-hybridized carbons (Fsp3) is 0.0182. The molecule has 1 aliphatic carbocycles. The zero-order valence-electron chi connectivity index (χ0n) is 32.0. The maximum Gasteiger partial charge on any atom is 0.156 e. The van der Waals surface area contributed by atoms with Gasteiger partial charge in [-0.2, -0.15) is 0 Å². The smallest absolute Gasteiger partial charge is 0.156 e. The van der Waals surface area contributed by atoms with E-state index in [1.807, 2.05) is 11.3 Å². The van der Waals surface area contributed by atoms with E-state index in [0.29, 0.717) is 0 Å². The topological polar surface area (TPSA) is 15.7 Å². The standard InChI is InChI=1S/C55H36N2OS/c1-4-17-37(18-5-1)56(38-19-6-2-7-20-38)40-31-33-52-44(35-40)45-36-41(32-34-53(45)59-52)57(39-21-8-3-9-22-39)50-29-16-28-49-54(50)58-51-30-15-14-27-48(51)55(49)46-25-12-10-23-42(46)43-24-11-13-26-47(43)55/h1-36H. The van der Waals surface area contributed by atoms with Crippen molar-refractivity contribution in [3.63, 3.8) is 0 Å². The number of rotatable bonds is 6. The van der Waals surface area contributed by atoms with Crippen molar-refractivity contribution < 1.29 is 4.74 Å². The molecule has 0 atom stereocenters. The summed E-state index contributed by atoms with van der Waals surface area (Å²) in [7, 11) is 0. The van der Waals surface area contributed by atoms with Gasteiger partial charge in [0.1, 0.15) is 5.75 Å². The van der Waals surface area contributed by atoms with Crippen molar-refractivity contribution in [1.29, 1.82) is 0 Å². The Hall–Kier alpha value is -7.40. The summed E-state index contributed by atoms with van der Waals surface area (Å²) < 4.78 is 9.68. The number of fused-ring (bicyclic) bond motifs is 12. The Labute approximate surface area is 347 Å². The Balaban J connectivity index is 1.08. The zero-order chi connectivity index (χ0) is 38.9. The van der Waals surface area contributed by atoms with Crippen LogP contribution in [-0.4, -0.2) is 0 Å². The summed E-state index contributed by atoms with van der Waals surface area (Å²) in [5, 5.41) is 2.45. The Morgan fingerprint density at radius 2 is 0.814 bits per heavy atom. The van der Waals surface area contributed by atoms with Crippen LogP contribution in [0.25, 0.3) is 31.3 Å². The molecule has 0 radical (unpaired) electrons. The first-order valence-corrected chi connectivity index (χ1v) is 20.9. The van der Waals surface area contributed by atoms with E-state index in [1.165, 1.54) is 42.4 Å². The first kappa shape index (κ1) is 33.7. The van der Waals surface area contributed by atoms with E-state index in [2.05, 4.69) is 228 Å². The molecule has 10 aromatic rings. The van der Waals surface area contributed by atoms with Gasteiger partial charge in [0.2, 0.25) is 0 Å². The molecule has 3 nitrogen and oxygen atoms in total. The fourth-order valence-electron chi connectivity index (χ4n) is 9.68. The normalized spacial score (nSPS) is 13.0. The molecule has 0 amide bonds. The van der Waals surface area contributed by atoms with Gasteiger partial charge in [-0.1, -0.05) is 133 Å². The lowest BCUT2D eigenvalue weighted by atomic mass is 9.66. The molecule has 4 heteroatoms. The molecule has 1 aliphatic heterocycles. The van der Waals surface area contributed by atoms with Gasteiger partial charge in [-0.25, -0.2) is 0 Å². The average Bonchev–Trinajstić information content (AvgIpc) is 3.81. The van der Waals surface area contributed by atoms with E-state index in [-0.39, 0.29) is 0 Å². The summed E-state index contributed by atoms with van der Waals surface area (Å²) in [5.74, 6) is 1.74. The number of ether oxygens (including phenoxy) is 1. The summed E-state index contributed by atoms with van der Waals surface area (Å²) >= 11 is 1.84. The van der Waals surface area contributed by atoms with Gasteiger partial charge < -0.3 is 14.5 Å². The molecule has 0 saturated carbocycles. The van der Waals surface area contributed by atoms with E-state index in [4.69, 9.17) is 4.74 Å². The maximum atomic E-state index is 7.17. The number of anilines is 6. The van der Waals surface area contributed by atoms with E-state index in [0.717, 1.165) is 56.8 Å². The molecule has 0 saturated heterocycles. The van der Waals surface area contributed by atoms with Crippen molar-refractivity contribution in [3.05, 3.63) is 241 Å². The van der Waals surface area contributed by atoms with Gasteiger partial charge >= 0.3 is 0 Å². The van der Waals surface area contributed by atoms with Crippen molar-refractivity contribution in [3.8, 4) is 22.6 Å². The first-order chi connectivity index (χ1) is 29.3. The van der Waals surface area contributed by atoms with Crippen LogP contribution in [-0.2, 0) is 5.41 Å². The summed E-state index contributed by atoms with van der Waals surface area (Å²) in [6, 6.07) is 78.9. The van der Waals surface area contributed by atoms with Gasteiger partial charge in [-0.05, 0) is 107 Å². The van der Waals surface area contributed by atoms with Gasteiger partial charge in [0, 0.05) is 59.7 Å². The molecule has 0 unspecified atom stereocenters. The van der Waals surface area contributed by atoms with Gasteiger partial charge in [-0.15, -0.1) is 11.3 Å². The van der Waals surface area contributed by atoms with E-state index < -0.39 is 5.41 Å². The van der Waals surface area contributed by atoms with Crippen molar-refractivity contribution in [2.24, 2.45) is 0 Å². The highest BCUT2D eigenvalue weighted by molar-refractivity contribution is 7.25. The third-order valence-corrected chi connectivity index (χ3v) is 13.2. The zero-order valence-corrected chi connectivity index (χ0v) is 32.8. The van der Waals surface area contributed by atoms with Gasteiger partial charge in [0.05, 0.1) is 11.1 Å². The molecule has 12 rings (SSSR count). The minimum Gasteiger partial charge on any atom is -0.454 e. The van der Waals surface area contributed by atoms with Crippen LogP contribution < -0.4 is 14.5 Å². The number of nitrogens with zero attached hydrogens (tertiary/aromatic N) is 2. The molecule has 59 heavy (non-hydrogen) atoms. The largest absolute Gasteiger partial charge is 0.454 e. The van der Waals surface area contributed by atoms with Gasteiger partial charge in [0.15, 0.2) is 5.75 Å². The van der Waals surface area contributed by atoms with E-state index in [1.54, 1.807) is 0 Å². The highest BCUT2D eigenvalue weighted by Gasteiger charge is 2.51. The SMILES string of the molecule is c1ccc(N(c2ccccc2)c2ccc3sc4ccc(N(c5ccccc5)c5cccc6c5Oc5ccccc5C65c6ccccc6-c6ccccc65)cc4c3c2)cc1. The molecular formula is C55H36N2OS. The number of hydrogen-bond donors (Lipinski definition) is 0. The van der Waals surface area contributed by atoms with E-state index >= 15 is 0 Å². The summed E-state index contributed by atoms with van der Waals surface area (Å²) in [4.78, 5) is 4.71. The first-order valence-electron chi connectivity index (χ1n) is 20.1. The van der Waals surface area contributed by atoms with Crippen LogP contribution in [0.1, 0.15) is 22.3 Å². The quantitative estimate of drug-likeness (QED) is 0.167. The minimum atomic E-state index is -0.553. The van der Waals surface area contributed by atoms with Crippen LogP contribution in [0.15, 0.2) is 218 Å². The average molecular weight is 773 g/mol. The van der Waals surface area contributed by atoms with E-state index in [9.17, 15) is 0 Å². The van der Waals surface area contributed by atoms with Gasteiger partial charge in [-0.3, -0.25) is 0 Å². The summed E-state index contributed by atoms with van der Waals surface area (Å²) in [6.45, 7) is 0. The van der Waals surface area contributed by atoms with Crippen molar-refractivity contribution >= 4 is 65.6 Å². The van der Waals surface area contributed by atoms with Crippen LogP contribution >= 0.6 is 11.3 Å². The molecule has 278 valence electrons. The molecule has 0 N–H and O–H groups in total. The van der Waals surface area contributed by atoms with Crippen LogP contribution in [0.5, 0.6) is 11.5 Å². The lowest BCUT2D eigenvalue weighted by Crippen LogP contribution is -2.32. The summed E-state index contributed by atoms with van der Waals surface area (Å²) in [5.41, 5.74) is 13.3. The lowest BCUT2D eigenvalue weighted by molar-refractivity contribution is 0.437. The Morgan fingerprint density at radius 3 is 1.39 bits per heavy atom. The van der Waals surface area contributed by atoms with Crippen LogP contribution in [0, 0.1) is 0 Å². The second-order valence-electron chi connectivity index (χ2n) is 15.2. The third kappa shape index (κ3) is 5.07.